The first-order valence-corrected chi connectivity index (χ1v) is 33.6. The molecule has 0 bridgehead atoms. The van der Waals surface area contributed by atoms with Crippen LogP contribution in [-0.4, -0.2) is 144 Å². The van der Waals surface area contributed by atoms with Gasteiger partial charge in [-0.05, 0) is 125 Å². The Labute approximate surface area is 566 Å². The summed E-state index contributed by atoms with van der Waals surface area (Å²) in [6.45, 7) is 10.3. The van der Waals surface area contributed by atoms with Crippen molar-refractivity contribution in [1.29, 1.82) is 0 Å². The van der Waals surface area contributed by atoms with E-state index in [9.17, 15) is 33.2 Å². The molecule has 98 heavy (non-hydrogen) atoms. The highest BCUT2D eigenvalue weighted by Crippen LogP contribution is 2.51. The molecule has 0 spiro atoms. The third kappa shape index (κ3) is 14.9. The zero-order valence-corrected chi connectivity index (χ0v) is 57.1. The molecular weight excluding hydrogens is 1280 g/mol. The van der Waals surface area contributed by atoms with Gasteiger partial charge in [-0.25, -0.2) is 31.9 Å². The third-order valence-electron chi connectivity index (χ3n) is 20.4. The summed E-state index contributed by atoms with van der Waals surface area (Å²) in [6.07, 6.45) is 0.878. The molecular formula is C71H89F5N10O12. The van der Waals surface area contributed by atoms with Crippen LogP contribution < -0.4 is 21.3 Å². The molecule has 22 nitrogen and oxygen atoms in total. The maximum absolute atomic E-state index is 17.9. The molecule has 0 unspecified atom stereocenters. The van der Waals surface area contributed by atoms with Crippen LogP contribution in [-0.2, 0) is 70.7 Å². The van der Waals surface area contributed by atoms with Gasteiger partial charge in [0.1, 0.15) is 46.9 Å². The summed E-state index contributed by atoms with van der Waals surface area (Å²) in [4.78, 5) is 98.2. The summed E-state index contributed by atoms with van der Waals surface area (Å²) >= 11 is 0. The van der Waals surface area contributed by atoms with Gasteiger partial charge < -0.3 is 59.5 Å². The number of ether oxygens (including phenoxy) is 6. The molecule has 10 atom stereocenters. The zero-order chi connectivity index (χ0) is 70.7. The van der Waals surface area contributed by atoms with E-state index in [1.54, 1.807) is 73.3 Å². The minimum Gasteiger partial charge on any atom is -0.469 e. The number of carbonyl (C=O) groups is 6. The molecule has 0 saturated carbocycles. The van der Waals surface area contributed by atoms with Crippen molar-refractivity contribution in [3.05, 3.63) is 118 Å². The average molecular weight is 1370 g/mol. The van der Waals surface area contributed by atoms with Crippen LogP contribution in [0.4, 0.5) is 33.3 Å². The summed E-state index contributed by atoms with van der Waals surface area (Å²) in [5, 5.41) is 0. The number of likely N-dealkylation sites (tertiary alicyclic amines) is 2. The van der Waals surface area contributed by atoms with E-state index in [1.165, 1.54) is 74.0 Å². The van der Waals surface area contributed by atoms with Crippen LogP contribution in [0.5, 0.6) is 0 Å². The lowest BCUT2D eigenvalue weighted by Crippen LogP contribution is -2.42. The number of halogens is 5. The van der Waals surface area contributed by atoms with Crippen LogP contribution in [0.3, 0.4) is 0 Å². The normalized spacial score (nSPS) is 20.3. The summed E-state index contributed by atoms with van der Waals surface area (Å²) in [5.41, 5.74) is 13.7. The van der Waals surface area contributed by atoms with E-state index in [0.717, 1.165) is 17.7 Å². The van der Waals surface area contributed by atoms with Gasteiger partial charge in [0.25, 0.3) is 0 Å². The van der Waals surface area contributed by atoms with E-state index >= 15 is 17.6 Å². The Morgan fingerprint density at radius 2 is 0.949 bits per heavy atom. The molecule has 530 valence electrons. The van der Waals surface area contributed by atoms with E-state index in [1.807, 2.05) is 0 Å². The van der Waals surface area contributed by atoms with Gasteiger partial charge in [-0.15, -0.1) is 0 Å². The summed E-state index contributed by atoms with van der Waals surface area (Å²) in [5.74, 6) is -9.61. The molecule has 6 heterocycles. The number of aromatic nitrogens is 4. The minimum absolute atomic E-state index is 0.00274. The highest BCUT2D eigenvalue weighted by atomic mass is 19.1. The zero-order valence-electron chi connectivity index (χ0n) is 57.1. The highest BCUT2D eigenvalue weighted by Gasteiger charge is 2.45. The van der Waals surface area contributed by atoms with Gasteiger partial charge >= 0.3 is 23.9 Å². The molecule has 4 aliphatic rings. The van der Waals surface area contributed by atoms with Crippen LogP contribution in [0.25, 0.3) is 22.1 Å². The molecule has 4 aromatic carbocycles. The molecule has 0 radical (unpaired) electrons. The summed E-state index contributed by atoms with van der Waals surface area (Å²) in [7, 11) is 5.28. The Morgan fingerprint density at radius 3 is 1.34 bits per heavy atom. The molecule has 4 N–H and O–H groups in total. The van der Waals surface area contributed by atoms with Gasteiger partial charge in [-0.3, -0.25) is 37.9 Å². The predicted molar refractivity (Wildman–Crippen MR) is 352 cm³/mol. The van der Waals surface area contributed by atoms with Crippen molar-refractivity contribution in [3.8, 4) is 0 Å². The number of amides is 2. The lowest BCUT2D eigenvalue weighted by molar-refractivity contribution is -0.151. The van der Waals surface area contributed by atoms with Gasteiger partial charge in [-0.2, -0.15) is 0 Å². The van der Waals surface area contributed by atoms with Crippen molar-refractivity contribution in [2.24, 2.45) is 35.1 Å². The fraction of sp³-hybridized carbons (Fsp3) is 0.549. The number of nitrogens with two attached hydrogens (primary N) is 2. The molecule has 4 fully saturated rings. The van der Waals surface area contributed by atoms with Crippen molar-refractivity contribution < 1.29 is 79.1 Å². The number of imidazole rings is 2. The topological polar surface area (TPSA) is 258 Å². The van der Waals surface area contributed by atoms with Gasteiger partial charge in [0, 0.05) is 69.3 Å². The second-order valence-electron chi connectivity index (χ2n) is 26.9. The largest absolute Gasteiger partial charge is 0.469 e. The monoisotopic (exact) mass is 1370 g/mol. The molecule has 27 heteroatoms. The van der Waals surface area contributed by atoms with Crippen molar-refractivity contribution in [2.45, 2.75) is 174 Å². The quantitative estimate of drug-likeness (QED) is 0.0307. The van der Waals surface area contributed by atoms with Crippen molar-refractivity contribution in [1.82, 2.24) is 28.9 Å². The molecule has 0 aliphatic carbocycles. The average Bonchev–Trinajstić information content (AvgIpc) is 1.56. The van der Waals surface area contributed by atoms with Gasteiger partial charge in [0.2, 0.25) is 11.8 Å². The number of fused-ring (bicyclic) bond motifs is 2. The number of hydrogen-bond donors (Lipinski definition) is 2. The molecule has 2 amide bonds. The lowest BCUT2D eigenvalue weighted by Gasteiger charge is -2.36. The number of esters is 4. The smallest absolute Gasteiger partial charge is 0.324 e. The SMILES string of the molecule is COC(=O)C[C@H](C(=O)N1CCC[C@H]1c1nc2cc([C@H]3CC[C@H](c4cc5nc([C@@H]6CCCN6C(=O)[C@@H](CC(=O)OC)[C@@H](C)OC)n(COC(=O)[C@@H](N)C(C)C)c5cc4F)N3c3cc(F)c(N4CCC(c5ccc(F)cc5)CC4)c(F)c3)c(F)cc2n1COC(=O)[C@@H](N)C(C)C)[C@@H](C)OC. The van der Waals surface area contributed by atoms with Gasteiger partial charge in [0.05, 0.1) is 97.3 Å². The van der Waals surface area contributed by atoms with E-state index in [-0.39, 0.29) is 132 Å². The first-order chi connectivity index (χ1) is 46.8. The number of benzene rings is 4. The summed E-state index contributed by atoms with van der Waals surface area (Å²) in [6, 6.07) is 8.07. The van der Waals surface area contributed by atoms with Crippen LogP contribution in [0, 0.1) is 52.8 Å². The number of nitrogens with zero attached hydrogens (tertiary/aromatic N) is 8. The van der Waals surface area contributed by atoms with Gasteiger partial charge in [0.15, 0.2) is 25.1 Å². The molecule has 4 aliphatic heterocycles. The number of methoxy groups -OCH3 is 4. The van der Waals surface area contributed by atoms with E-state index in [4.69, 9.17) is 49.9 Å². The first kappa shape index (κ1) is 72.5. The van der Waals surface area contributed by atoms with Crippen LogP contribution in [0.15, 0.2) is 60.7 Å². The number of hydrogen-bond acceptors (Lipinski definition) is 18. The second-order valence-corrected chi connectivity index (χ2v) is 26.9. The number of carbonyl (C=O) groups excluding carboxylic acids is 6. The van der Waals surface area contributed by atoms with Gasteiger partial charge in [-0.1, -0.05) is 39.8 Å². The predicted octanol–water partition coefficient (Wildman–Crippen LogP) is 10.3. The summed E-state index contributed by atoms with van der Waals surface area (Å²) < 4.78 is 120. The third-order valence-corrected chi connectivity index (χ3v) is 20.4. The number of piperidine rings is 1. The molecule has 2 aromatic heterocycles. The van der Waals surface area contributed by atoms with Crippen molar-refractivity contribution in [3.63, 3.8) is 0 Å². The lowest BCUT2D eigenvalue weighted by atomic mass is 9.89. The highest BCUT2D eigenvalue weighted by molar-refractivity contribution is 5.87. The standard InChI is InChI=1S/C71H89F5N10O12/c1-37(2)63(77)70(91)97-35-84-59-33-49(73)47(29-53(59)79-66(84)57-13-11-23-82(57)68(89)45(39(5)93-7)31-61(87)95-9)55-19-20-56(86(55)44-27-51(75)65(52(76)28-44)81-25-21-42(22-26-81)41-15-17-43(72)18-16-41)48-30-54-60(34-50(48)74)85(36-98-71(92)64(78)38(3)4)67(80-54)58-14-12-24-83(58)69(90)46(40(6)94-8)32-62(88)96-10/h15-18,27-30,33-34,37-40,42,45-46,55-58,63-64H,11-14,19-26,31-32,35-36,77-78H2,1-10H3/t39-,40-,45+,46+,55-,56-,57+,58+,63+,64+/m1/s1. The molecule has 6 aromatic rings. The van der Waals surface area contributed by atoms with Crippen LogP contribution in [0.2, 0.25) is 0 Å². The van der Waals surface area contributed by atoms with Crippen LogP contribution in [0.1, 0.15) is 164 Å². The van der Waals surface area contributed by atoms with E-state index in [2.05, 4.69) is 0 Å². The van der Waals surface area contributed by atoms with E-state index < -0.39 is 133 Å². The number of rotatable bonds is 25. The fourth-order valence-electron chi connectivity index (χ4n) is 14.4. The first-order valence-electron chi connectivity index (χ1n) is 33.6. The van der Waals surface area contributed by atoms with Crippen molar-refractivity contribution >= 4 is 69.1 Å². The second kappa shape index (κ2) is 30.9. The molecule has 4 saturated heterocycles. The Balaban J connectivity index is 1.09. The molecule has 10 rings (SSSR count). The maximum Gasteiger partial charge on any atom is 0.324 e. The van der Waals surface area contributed by atoms with E-state index in [0.29, 0.717) is 38.5 Å². The number of anilines is 2. The van der Waals surface area contributed by atoms with Crippen molar-refractivity contribution in [2.75, 3.05) is 64.4 Å². The Bertz CT molecular complexity index is 3710. The van der Waals surface area contributed by atoms with Crippen LogP contribution >= 0.6 is 0 Å². The maximum atomic E-state index is 17.9. The Morgan fingerprint density at radius 1 is 0.531 bits per heavy atom. The fourth-order valence-corrected chi connectivity index (χ4v) is 14.4. The Kier molecular flexibility index (Phi) is 22.8. The Hall–Kier alpha value is -8.27. The minimum atomic E-state index is -1.09.